The van der Waals surface area contributed by atoms with Crippen LogP contribution in [0.1, 0.15) is 32.3 Å². The lowest BCUT2D eigenvalue weighted by molar-refractivity contribution is -0.127. The molecule has 110 valence electrons. The number of rotatable bonds is 7. The molecule has 0 heterocycles. The number of nitrogens with one attached hydrogen (secondary N) is 1. The molecule has 3 N–H and O–H groups in total. The lowest BCUT2D eigenvalue weighted by Crippen LogP contribution is -2.46. The van der Waals surface area contributed by atoms with Crippen LogP contribution in [0.4, 0.5) is 0 Å². The Hall–Kier alpha value is -1.35. The van der Waals surface area contributed by atoms with E-state index in [-0.39, 0.29) is 17.9 Å². The first kappa shape index (κ1) is 15.0. The van der Waals surface area contributed by atoms with E-state index in [1.54, 1.807) is 0 Å². The summed E-state index contributed by atoms with van der Waals surface area (Å²) >= 11 is 0. The van der Waals surface area contributed by atoms with Gasteiger partial charge in [0, 0.05) is 18.5 Å². The Morgan fingerprint density at radius 2 is 1.95 bits per heavy atom. The molecule has 1 amide bonds. The molecule has 0 radical (unpaired) electrons. The highest BCUT2D eigenvalue weighted by molar-refractivity contribution is 5.79. The van der Waals surface area contributed by atoms with E-state index in [0.717, 1.165) is 6.42 Å². The Bertz CT molecular complexity index is 426. The van der Waals surface area contributed by atoms with Crippen molar-refractivity contribution in [3.8, 4) is 0 Å². The summed E-state index contributed by atoms with van der Waals surface area (Å²) in [6.45, 7) is 4.77. The molecule has 2 atom stereocenters. The van der Waals surface area contributed by atoms with Crippen molar-refractivity contribution < 1.29 is 4.79 Å². The zero-order valence-corrected chi connectivity index (χ0v) is 12.5. The second kappa shape index (κ2) is 6.89. The van der Waals surface area contributed by atoms with Gasteiger partial charge in [-0.2, -0.15) is 0 Å². The van der Waals surface area contributed by atoms with Gasteiger partial charge in [0.05, 0.1) is 0 Å². The molecule has 1 fully saturated rings. The van der Waals surface area contributed by atoms with Crippen LogP contribution in [0.15, 0.2) is 30.3 Å². The highest BCUT2D eigenvalue weighted by atomic mass is 16.2. The zero-order valence-electron chi connectivity index (χ0n) is 12.5. The summed E-state index contributed by atoms with van der Waals surface area (Å²) in [4.78, 5) is 12.5. The van der Waals surface area contributed by atoms with Crippen molar-refractivity contribution in [1.29, 1.82) is 0 Å². The molecule has 1 aliphatic rings. The SMILES string of the molecule is CC(C)C(Cc1ccccc1)C(=O)NC(CN)C1CC1. The lowest BCUT2D eigenvalue weighted by atomic mass is 9.88. The van der Waals surface area contributed by atoms with E-state index in [0.29, 0.717) is 18.4 Å². The summed E-state index contributed by atoms with van der Waals surface area (Å²) in [5, 5.41) is 3.17. The van der Waals surface area contributed by atoms with Crippen LogP contribution in [0.2, 0.25) is 0 Å². The first-order chi connectivity index (χ1) is 9.61. The Balaban J connectivity index is 1.98. The molecule has 1 aromatic rings. The molecule has 0 aromatic heterocycles. The molecule has 1 aliphatic carbocycles. The molecule has 0 bridgehead atoms. The van der Waals surface area contributed by atoms with E-state index in [1.165, 1.54) is 18.4 Å². The van der Waals surface area contributed by atoms with Crippen LogP contribution in [0, 0.1) is 17.8 Å². The average Bonchev–Trinajstić information content (AvgIpc) is 3.27. The summed E-state index contributed by atoms with van der Waals surface area (Å²) in [5.41, 5.74) is 7.00. The molecule has 0 aliphatic heterocycles. The molecular formula is C17H26N2O. The second-order valence-corrected chi connectivity index (χ2v) is 6.23. The van der Waals surface area contributed by atoms with Gasteiger partial charge in [-0.25, -0.2) is 0 Å². The van der Waals surface area contributed by atoms with Gasteiger partial charge >= 0.3 is 0 Å². The third kappa shape index (κ3) is 4.07. The van der Waals surface area contributed by atoms with Gasteiger partial charge in [-0.15, -0.1) is 0 Å². The minimum absolute atomic E-state index is 0.0187. The number of benzene rings is 1. The van der Waals surface area contributed by atoms with Gasteiger partial charge in [-0.05, 0) is 36.7 Å². The third-order valence-electron chi connectivity index (χ3n) is 4.21. The van der Waals surface area contributed by atoms with E-state index in [1.807, 2.05) is 18.2 Å². The maximum Gasteiger partial charge on any atom is 0.223 e. The maximum absolute atomic E-state index is 12.5. The molecular weight excluding hydrogens is 248 g/mol. The van der Waals surface area contributed by atoms with Crippen molar-refractivity contribution in [3.05, 3.63) is 35.9 Å². The van der Waals surface area contributed by atoms with E-state index in [9.17, 15) is 4.79 Å². The Kier molecular flexibility index (Phi) is 5.18. The van der Waals surface area contributed by atoms with Crippen LogP contribution in [-0.4, -0.2) is 18.5 Å². The standard InChI is InChI=1S/C17H26N2O/c1-12(2)15(10-13-6-4-3-5-7-13)17(20)19-16(11-18)14-8-9-14/h3-7,12,14-16H,8-11,18H2,1-2H3,(H,19,20). The Morgan fingerprint density at radius 3 is 2.45 bits per heavy atom. The molecule has 3 heteroatoms. The quantitative estimate of drug-likeness (QED) is 0.802. The smallest absolute Gasteiger partial charge is 0.223 e. The van der Waals surface area contributed by atoms with Gasteiger partial charge in [0.25, 0.3) is 0 Å². The van der Waals surface area contributed by atoms with Crippen molar-refractivity contribution in [3.63, 3.8) is 0 Å². The van der Waals surface area contributed by atoms with Gasteiger partial charge in [0.1, 0.15) is 0 Å². The number of carbonyl (C=O) groups excluding carboxylic acids is 1. The molecule has 0 saturated heterocycles. The van der Waals surface area contributed by atoms with Crippen LogP contribution in [0.5, 0.6) is 0 Å². The van der Waals surface area contributed by atoms with E-state index in [2.05, 4.69) is 31.3 Å². The highest BCUT2D eigenvalue weighted by Crippen LogP contribution is 2.32. The first-order valence-corrected chi connectivity index (χ1v) is 7.66. The monoisotopic (exact) mass is 274 g/mol. The number of amides is 1. The van der Waals surface area contributed by atoms with E-state index < -0.39 is 0 Å². The molecule has 0 spiro atoms. The second-order valence-electron chi connectivity index (χ2n) is 6.23. The normalized spacial score (nSPS) is 17.8. The molecule has 2 rings (SSSR count). The molecule has 1 aromatic carbocycles. The van der Waals surface area contributed by atoms with Crippen molar-refractivity contribution in [1.82, 2.24) is 5.32 Å². The fourth-order valence-electron chi connectivity index (χ4n) is 2.66. The average molecular weight is 274 g/mol. The van der Waals surface area contributed by atoms with Gasteiger partial charge < -0.3 is 11.1 Å². The largest absolute Gasteiger partial charge is 0.352 e. The first-order valence-electron chi connectivity index (χ1n) is 7.66. The van der Waals surface area contributed by atoms with E-state index >= 15 is 0 Å². The minimum Gasteiger partial charge on any atom is -0.352 e. The number of carbonyl (C=O) groups is 1. The molecule has 20 heavy (non-hydrogen) atoms. The molecule has 2 unspecified atom stereocenters. The van der Waals surface area contributed by atoms with E-state index in [4.69, 9.17) is 5.73 Å². The summed E-state index contributed by atoms with van der Waals surface area (Å²) in [6.07, 6.45) is 3.20. The predicted molar refractivity (Wildman–Crippen MR) is 82.2 cm³/mol. The minimum atomic E-state index is 0.0187. The highest BCUT2D eigenvalue weighted by Gasteiger charge is 2.33. The van der Waals surface area contributed by atoms with Gasteiger partial charge in [-0.3, -0.25) is 4.79 Å². The summed E-state index contributed by atoms with van der Waals surface area (Å²) in [6, 6.07) is 10.4. The number of hydrogen-bond donors (Lipinski definition) is 2. The number of nitrogens with two attached hydrogens (primary N) is 1. The van der Waals surface area contributed by atoms with Gasteiger partial charge in [0.15, 0.2) is 0 Å². The molecule has 3 nitrogen and oxygen atoms in total. The zero-order chi connectivity index (χ0) is 14.5. The van der Waals surface area contributed by atoms with Gasteiger partial charge in [0.2, 0.25) is 5.91 Å². The summed E-state index contributed by atoms with van der Waals surface area (Å²) in [7, 11) is 0. The van der Waals surface area contributed by atoms with Crippen LogP contribution >= 0.6 is 0 Å². The fraction of sp³-hybridized carbons (Fsp3) is 0.588. The summed E-state index contributed by atoms with van der Waals surface area (Å²) < 4.78 is 0. The third-order valence-corrected chi connectivity index (χ3v) is 4.21. The van der Waals surface area contributed by atoms with Crippen LogP contribution in [-0.2, 0) is 11.2 Å². The topological polar surface area (TPSA) is 55.1 Å². The lowest BCUT2D eigenvalue weighted by Gasteiger charge is -2.24. The van der Waals surface area contributed by atoms with Crippen molar-refractivity contribution in [2.45, 2.75) is 39.2 Å². The predicted octanol–water partition coefficient (Wildman–Crippen LogP) is 2.35. The van der Waals surface area contributed by atoms with Crippen LogP contribution in [0.25, 0.3) is 0 Å². The van der Waals surface area contributed by atoms with Crippen molar-refractivity contribution >= 4 is 5.91 Å². The van der Waals surface area contributed by atoms with Gasteiger partial charge in [-0.1, -0.05) is 44.2 Å². The fourth-order valence-corrected chi connectivity index (χ4v) is 2.66. The Labute approximate surface area is 121 Å². The van der Waals surface area contributed by atoms with Crippen LogP contribution in [0.3, 0.4) is 0 Å². The summed E-state index contributed by atoms with van der Waals surface area (Å²) in [5.74, 6) is 1.11. The molecule has 1 saturated carbocycles. The number of hydrogen-bond acceptors (Lipinski definition) is 2. The van der Waals surface area contributed by atoms with Crippen molar-refractivity contribution in [2.75, 3.05) is 6.54 Å². The van der Waals surface area contributed by atoms with Crippen LogP contribution < -0.4 is 11.1 Å². The maximum atomic E-state index is 12.5. The van der Waals surface area contributed by atoms with Crippen molar-refractivity contribution in [2.24, 2.45) is 23.5 Å². The Morgan fingerprint density at radius 1 is 1.30 bits per heavy atom.